The average molecular weight is 420 g/mol. The zero-order valence-electron chi connectivity index (χ0n) is 17.8. The molecular formula is C25H27N2O4+. The summed E-state index contributed by atoms with van der Waals surface area (Å²) in [5, 5.41) is 11.6. The van der Waals surface area contributed by atoms with Crippen LogP contribution in [0.15, 0.2) is 76.4 Å². The number of rotatable bonds is 8. The van der Waals surface area contributed by atoms with Crippen LogP contribution in [-0.4, -0.2) is 47.9 Å². The molecule has 0 spiro atoms. The normalized spacial score (nSPS) is 16.7. The minimum absolute atomic E-state index is 0.0739. The molecule has 3 aromatic rings. The van der Waals surface area contributed by atoms with Crippen LogP contribution in [-0.2, 0) is 4.79 Å². The number of likely N-dealkylation sites (N-methyl/N-ethyl adjacent to an activating group) is 1. The van der Waals surface area contributed by atoms with E-state index in [2.05, 4.69) is 13.8 Å². The summed E-state index contributed by atoms with van der Waals surface area (Å²) in [6, 6.07) is 17.7. The molecule has 6 nitrogen and oxygen atoms in total. The van der Waals surface area contributed by atoms with Crippen molar-refractivity contribution in [3.8, 4) is 0 Å². The molecule has 2 aromatic carbocycles. The zero-order chi connectivity index (χ0) is 22.0. The zero-order valence-corrected chi connectivity index (χ0v) is 17.8. The largest absolute Gasteiger partial charge is 0.503 e. The highest BCUT2D eigenvalue weighted by atomic mass is 16.3. The van der Waals surface area contributed by atoms with E-state index >= 15 is 0 Å². The number of quaternary nitrogens is 1. The maximum absolute atomic E-state index is 13.5. The SMILES string of the molecule is CC[NH+](CC)CCN1C(=O)C(O)=C(C(=O)c2cc3ccccc3o2)[C@H]1c1ccccc1. The fourth-order valence-corrected chi connectivity index (χ4v) is 4.21. The minimum Gasteiger partial charge on any atom is -0.503 e. The molecule has 31 heavy (non-hydrogen) atoms. The van der Waals surface area contributed by atoms with E-state index in [4.69, 9.17) is 4.42 Å². The highest BCUT2D eigenvalue weighted by molar-refractivity contribution is 6.16. The van der Waals surface area contributed by atoms with Crippen LogP contribution in [0.25, 0.3) is 11.0 Å². The molecule has 0 fully saturated rings. The van der Waals surface area contributed by atoms with Crippen molar-refractivity contribution < 1.29 is 24.0 Å². The molecule has 1 aliphatic heterocycles. The van der Waals surface area contributed by atoms with Crippen LogP contribution in [0.4, 0.5) is 0 Å². The number of aliphatic hydroxyl groups excluding tert-OH is 1. The Hall–Kier alpha value is -3.38. The number of fused-ring (bicyclic) bond motifs is 1. The van der Waals surface area contributed by atoms with Gasteiger partial charge in [-0.3, -0.25) is 9.59 Å². The van der Waals surface area contributed by atoms with Gasteiger partial charge in [0.1, 0.15) is 5.58 Å². The Morgan fingerprint density at radius 3 is 2.42 bits per heavy atom. The van der Waals surface area contributed by atoms with Crippen LogP contribution in [0.5, 0.6) is 0 Å². The summed E-state index contributed by atoms with van der Waals surface area (Å²) < 4.78 is 5.75. The van der Waals surface area contributed by atoms with Gasteiger partial charge in [-0.2, -0.15) is 0 Å². The number of para-hydroxylation sites is 1. The van der Waals surface area contributed by atoms with Crippen molar-refractivity contribution in [1.82, 2.24) is 4.90 Å². The Morgan fingerprint density at radius 1 is 1.06 bits per heavy atom. The first-order valence-electron chi connectivity index (χ1n) is 10.7. The smallest absolute Gasteiger partial charge is 0.290 e. The van der Waals surface area contributed by atoms with Gasteiger partial charge in [-0.25, -0.2) is 0 Å². The molecule has 1 atom stereocenters. The molecular weight excluding hydrogens is 392 g/mol. The quantitative estimate of drug-likeness (QED) is 0.551. The lowest BCUT2D eigenvalue weighted by molar-refractivity contribution is -0.895. The van der Waals surface area contributed by atoms with Gasteiger partial charge in [0.15, 0.2) is 11.5 Å². The second kappa shape index (κ2) is 8.78. The molecule has 0 radical (unpaired) electrons. The molecule has 2 N–H and O–H groups in total. The molecule has 6 heteroatoms. The van der Waals surface area contributed by atoms with Crippen LogP contribution in [0.3, 0.4) is 0 Å². The lowest BCUT2D eigenvalue weighted by Gasteiger charge is -2.28. The first-order chi connectivity index (χ1) is 15.0. The van der Waals surface area contributed by atoms with Crippen molar-refractivity contribution in [2.75, 3.05) is 26.2 Å². The molecule has 0 saturated carbocycles. The molecule has 0 saturated heterocycles. The summed E-state index contributed by atoms with van der Waals surface area (Å²) in [6.45, 7) is 7.27. The lowest BCUT2D eigenvalue weighted by Crippen LogP contribution is -3.12. The number of hydrogen-bond donors (Lipinski definition) is 2. The Bertz CT molecular complexity index is 1100. The maximum Gasteiger partial charge on any atom is 0.290 e. The monoisotopic (exact) mass is 419 g/mol. The van der Waals surface area contributed by atoms with Crippen molar-refractivity contribution in [1.29, 1.82) is 0 Å². The van der Waals surface area contributed by atoms with Crippen molar-refractivity contribution in [3.63, 3.8) is 0 Å². The van der Waals surface area contributed by atoms with Crippen molar-refractivity contribution in [2.45, 2.75) is 19.9 Å². The molecule has 0 aliphatic carbocycles. The highest BCUT2D eigenvalue weighted by Gasteiger charge is 2.44. The van der Waals surface area contributed by atoms with Gasteiger partial charge in [0, 0.05) is 5.39 Å². The summed E-state index contributed by atoms with van der Waals surface area (Å²) in [6.07, 6.45) is 0. The molecule has 1 aromatic heterocycles. The predicted molar refractivity (Wildman–Crippen MR) is 118 cm³/mol. The molecule has 2 heterocycles. The number of carbonyl (C=O) groups is 2. The molecule has 1 amide bonds. The third kappa shape index (κ3) is 3.86. The molecule has 0 bridgehead atoms. The minimum atomic E-state index is -0.649. The van der Waals surface area contributed by atoms with Crippen LogP contribution in [0, 0.1) is 0 Å². The number of carbonyl (C=O) groups excluding carboxylic acids is 2. The van der Waals surface area contributed by atoms with E-state index in [-0.39, 0.29) is 11.3 Å². The lowest BCUT2D eigenvalue weighted by atomic mass is 9.95. The van der Waals surface area contributed by atoms with Gasteiger partial charge < -0.3 is 19.3 Å². The van der Waals surface area contributed by atoms with Gasteiger partial charge in [-0.1, -0.05) is 48.5 Å². The molecule has 160 valence electrons. The van der Waals surface area contributed by atoms with E-state index in [0.29, 0.717) is 12.1 Å². The summed E-state index contributed by atoms with van der Waals surface area (Å²) in [7, 11) is 0. The predicted octanol–water partition coefficient (Wildman–Crippen LogP) is 2.94. The third-order valence-electron chi connectivity index (χ3n) is 6.02. The van der Waals surface area contributed by atoms with Gasteiger partial charge in [-0.05, 0) is 31.5 Å². The Kier molecular flexibility index (Phi) is 5.91. The first-order valence-corrected chi connectivity index (χ1v) is 10.7. The average Bonchev–Trinajstić information content (AvgIpc) is 3.34. The van der Waals surface area contributed by atoms with Crippen molar-refractivity contribution in [2.24, 2.45) is 0 Å². The summed E-state index contributed by atoms with van der Waals surface area (Å²) in [4.78, 5) is 29.4. The number of benzene rings is 2. The van der Waals surface area contributed by atoms with Gasteiger partial charge in [-0.15, -0.1) is 0 Å². The van der Waals surface area contributed by atoms with E-state index in [1.807, 2.05) is 48.5 Å². The van der Waals surface area contributed by atoms with Gasteiger partial charge >= 0.3 is 0 Å². The van der Waals surface area contributed by atoms with Gasteiger partial charge in [0.25, 0.3) is 5.91 Å². The Balaban J connectivity index is 1.73. The highest BCUT2D eigenvalue weighted by Crippen LogP contribution is 2.39. The van der Waals surface area contributed by atoms with Crippen molar-refractivity contribution in [3.05, 3.63) is 83.3 Å². The molecule has 1 aliphatic rings. The standard InChI is InChI=1S/C25H26N2O4/c1-3-26(4-2)14-15-27-22(17-10-6-5-7-11-17)21(24(29)25(27)30)23(28)20-16-18-12-8-9-13-19(18)31-20/h5-13,16,22,29H,3-4,14-15H2,1-2H3/p+1/t22-/m1/s1. The van der Waals surface area contributed by atoms with E-state index in [0.717, 1.165) is 30.6 Å². The topological polar surface area (TPSA) is 75.2 Å². The second-order valence-electron chi connectivity index (χ2n) is 7.76. The van der Waals surface area contributed by atoms with E-state index in [1.165, 1.54) is 4.90 Å². The number of amides is 1. The summed E-state index contributed by atoms with van der Waals surface area (Å²) in [5.74, 6) is -1.35. The Labute approximate surface area is 181 Å². The second-order valence-corrected chi connectivity index (χ2v) is 7.76. The van der Waals surface area contributed by atoms with E-state index in [1.54, 1.807) is 17.0 Å². The van der Waals surface area contributed by atoms with E-state index in [9.17, 15) is 14.7 Å². The number of furan rings is 1. The number of Topliss-reactive ketones (excluding diaryl/α,β-unsaturated/α-hetero) is 1. The van der Waals surface area contributed by atoms with Crippen molar-refractivity contribution >= 4 is 22.7 Å². The molecule has 4 rings (SSSR count). The number of aliphatic hydroxyl groups is 1. The Morgan fingerprint density at radius 2 is 1.74 bits per heavy atom. The number of nitrogens with zero attached hydrogens (tertiary/aromatic N) is 1. The number of ketones is 1. The van der Waals surface area contributed by atoms with E-state index < -0.39 is 23.5 Å². The first kappa shape index (κ1) is 20.9. The summed E-state index contributed by atoms with van der Waals surface area (Å²) in [5.41, 5.74) is 1.45. The van der Waals surface area contributed by atoms with Gasteiger partial charge in [0.05, 0.1) is 37.8 Å². The van der Waals surface area contributed by atoms with Crippen LogP contribution in [0.2, 0.25) is 0 Å². The summed E-state index contributed by atoms with van der Waals surface area (Å²) >= 11 is 0. The fraction of sp³-hybridized carbons (Fsp3) is 0.280. The van der Waals surface area contributed by atoms with Crippen LogP contribution >= 0.6 is 0 Å². The fourth-order valence-electron chi connectivity index (χ4n) is 4.21. The van der Waals surface area contributed by atoms with Crippen LogP contribution < -0.4 is 4.90 Å². The number of hydrogen-bond acceptors (Lipinski definition) is 4. The number of nitrogens with one attached hydrogen (secondary N) is 1. The van der Waals surface area contributed by atoms with Gasteiger partial charge in [0.2, 0.25) is 5.78 Å². The maximum atomic E-state index is 13.5. The van der Waals surface area contributed by atoms with Crippen LogP contribution in [0.1, 0.15) is 36.0 Å². The third-order valence-corrected chi connectivity index (χ3v) is 6.02. The molecule has 0 unspecified atom stereocenters.